The van der Waals surface area contributed by atoms with Crippen LogP contribution in [0.4, 0.5) is 0 Å². The van der Waals surface area contributed by atoms with Crippen molar-refractivity contribution in [2.45, 2.75) is 37.6 Å². The van der Waals surface area contributed by atoms with Gasteiger partial charge in [0.1, 0.15) is 10.4 Å². The molecule has 0 N–H and O–H groups in total. The Morgan fingerprint density at radius 2 is 1.73 bits per heavy atom. The standard InChI is InChI=1S/C25H26ClN3O3S/c1-19-8-10-20(11-9-19)18-28-14-6-3-7-24(28)27-25(30)21-12-13-22(26)23(17-21)33(31,32)29-15-4-2-5-16-29/h3,6-14,17H,2,4-5,15-16,18H2,1H3. The average molecular weight is 484 g/mol. The third-order valence-electron chi connectivity index (χ3n) is 5.72. The van der Waals surface area contributed by atoms with Crippen LogP contribution >= 0.6 is 11.6 Å². The molecule has 0 saturated carbocycles. The molecule has 0 atom stereocenters. The van der Waals surface area contributed by atoms with Crippen LogP contribution in [-0.4, -0.2) is 36.3 Å². The van der Waals surface area contributed by atoms with Crippen LogP contribution in [0.1, 0.15) is 40.7 Å². The molecule has 1 aromatic heterocycles. The second-order valence-electron chi connectivity index (χ2n) is 8.20. The summed E-state index contributed by atoms with van der Waals surface area (Å²) in [5.41, 5.74) is 2.93. The highest BCUT2D eigenvalue weighted by molar-refractivity contribution is 7.89. The summed E-state index contributed by atoms with van der Waals surface area (Å²) in [6, 6.07) is 17.9. The SMILES string of the molecule is Cc1ccc(Cn2ccccc2=NC(=O)c2ccc(Cl)c(S(=O)(=O)N3CCCCC3)c2)cc1. The van der Waals surface area contributed by atoms with Gasteiger partial charge in [0.25, 0.3) is 5.91 Å². The van der Waals surface area contributed by atoms with Crippen molar-refractivity contribution in [3.63, 3.8) is 0 Å². The molecule has 1 fully saturated rings. The molecule has 1 aliphatic heterocycles. The first kappa shape index (κ1) is 23.4. The van der Waals surface area contributed by atoms with Crippen LogP contribution in [0.25, 0.3) is 0 Å². The van der Waals surface area contributed by atoms with Crippen LogP contribution in [0, 0.1) is 6.92 Å². The molecule has 1 amide bonds. The summed E-state index contributed by atoms with van der Waals surface area (Å²) in [5, 5.41) is 0.103. The molecule has 0 radical (unpaired) electrons. The fourth-order valence-corrected chi connectivity index (χ4v) is 5.86. The monoisotopic (exact) mass is 483 g/mol. The summed E-state index contributed by atoms with van der Waals surface area (Å²) in [4.78, 5) is 17.2. The van der Waals surface area contributed by atoms with E-state index in [9.17, 15) is 13.2 Å². The van der Waals surface area contributed by atoms with Crippen molar-refractivity contribution in [3.05, 3.63) is 94.1 Å². The number of hydrogen-bond acceptors (Lipinski definition) is 3. The molecule has 2 heterocycles. The van der Waals surface area contributed by atoms with Crippen LogP contribution in [0.2, 0.25) is 5.02 Å². The maximum absolute atomic E-state index is 13.1. The molecule has 172 valence electrons. The van der Waals surface area contributed by atoms with E-state index in [1.165, 1.54) is 28.1 Å². The number of carbonyl (C=O) groups excluding carboxylic acids is 1. The van der Waals surface area contributed by atoms with Crippen LogP contribution in [0.3, 0.4) is 0 Å². The topological polar surface area (TPSA) is 71.7 Å². The lowest BCUT2D eigenvalue weighted by atomic mass is 10.1. The summed E-state index contributed by atoms with van der Waals surface area (Å²) >= 11 is 6.24. The van der Waals surface area contributed by atoms with Crippen LogP contribution in [-0.2, 0) is 16.6 Å². The summed E-state index contributed by atoms with van der Waals surface area (Å²) in [6.07, 6.45) is 4.51. The lowest BCUT2D eigenvalue weighted by Gasteiger charge is -2.26. The average Bonchev–Trinajstić information content (AvgIpc) is 2.82. The van der Waals surface area contributed by atoms with Gasteiger partial charge in [0.15, 0.2) is 0 Å². The van der Waals surface area contributed by atoms with Crippen LogP contribution in [0.15, 0.2) is 76.7 Å². The third-order valence-corrected chi connectivity index (χ3v) is 8.10. The molecule has 33 heavy (non-hydrogen) atoms. The van der Waals surface area contributed by atoms with Gasteiger partial charge in [-0.25, -0.2) is 8.42 Å². The summed E-state index contributed by atoms with van der Waals surface area (Å²) in [6.45, 7) is 3.52. The van der Waals surface area contributed by atoms with E-state index < -0.39 is 15.9 Å². The van der Waals surface area contributed by atoms with Gasteiger partial charge in [0.05, 0.1) is 5.02 Å². The predicted octanol–water partition coefficient (Wildman–Crippen LogP) is 4.41. The molecule has 0 bridgehead atoms. The molecule has 3 aromatic rings. The quantitative estimate of drug-likeness (QED) is 0.539. The van der Waals surface area contributed by atoms with Crippen molar-refractivity contribution >= 4 is 27.5 Å². The number of nitrogens with zero attached hydrogens (tertiary/aromatic N) is 3. The summed E-state index contributed by atoms with van der Waals surface area (Å²) in [7, 11) is -3.77. The number of pyridine rings is 1. The van der Waals surface area contributed by atoms with Gasteiger partial charge in [-0.1, -0.05) is 53.9 Å². The minimum atomic E-state index is -3.77. The third kappa shape index (κ3) is 5.43. The molecule has 2 aromatic carbocycles. The van der Waals surface area contributed by atoms with E-state index in [1.807, 2.05) is 54.1 Å². The van der Waals surface area contributed by atoms with Crippen molar-refractivity contribution in [3.8, 4) is 0 Å². The van der Waals surface area contributed by atoms with Crippen molar-refractivity contribution in [2.75, 3.05) is 13.1 Å². The number of sulfonamides is 1. The lowest BCUT2D eigenvalue weighted by Crippen LogP contribution is -2.35. The second-order valence-corrected chi connectivity index (χ2v) is 10.5. The minimum absolute atomic E-state index is 0.0484. The van der Waals surface area contributed by atoms with Crippen molar-refractivity contribution in [1.29, 1.82) is 0 Å². The number of carbonyl (C=O) groups is 1. The van der Waals surface area contributed by atoms with E-state index in [0.717, 1.165) is 24.8 Å². The maximum Gasteiger partial charge on any atom is 0.278 e. The predicted molar refractivity (Wildman–Crippen MR) is 129 cm³/mol. The molecular formula is C25H26ClN3O3S. The molecule has 0 aliphatic carbocycles. The number of aromatic nitrogens is 1. The molecule has 4 rings (SSSR count). The van der Waals surface area contributed by atoms with E-state index in [4.69, 9.17) is 11.6 Å². The van der Waals surface area contributed by atoms with E-state index in [1.54, 1.807) is 6.07 Å². The Hall–Kier alpha value is -2.74. The number of aryl methyl sites for hydroxylation is 1. The first-order valence-corrected chi connectivity index (χ1v) is 12.8. The number of piperidine rings is 1. The zero-order valence-electron chi connectivity index (χ0n) is 18.4. The summed E-state index contributed by atoms with van der Waals surface area (Å²) in [5.74, 6) is -0.523. The van der Waals surface area contributed by atoms with E-state index in [-0.39, 0.29) is 15.5 Å². The maximum atomic E-state index is 13.1. The number of amides is 1. The fourth-order valence-electron chi connectivity index (χ4n) is 3.84. The largest absolute Gasteiger partial charge is 0.328 e. The second kappa shape index (κ2) is 10.0. The Morgan fingerprint density at radius 3 is 2.45 bits per heavy atom. The summed E-state index contributed by atoms with van der Waals surface area (Å²) < 4.78 is 29.6. The van der Waals surface area contributed by atoms with Crippen LogP contribution < -0.4 is 5.49 Å². The van der Waals surface area contributed by atoms with Gasteiger partial charge >= 0.3 is 0 Å². The van der Waals surface area contributed by atoms with E-state index in [2.05, 4.69) is 4.99 Å². The Balaban J connectivity index is 1.66. The number of rotatable bonds is 5. The van der Waals surface area contributed by atoms with Gasteiger partial charge in [-0.05, 0) is 55.7 Å². The van der Waals surface area contributed by atoms with Crippen molar-refractivity contribution in [2.24, 2.45) is 4.99 Å². The first-order valence-electron chi connectivity index (χ1n) is 10.9. The smallest absolute Gasteiger partial charge is 0.278 e. The highest BCUT2D eigenvalue weighted by Gasteiger charge is 2.28. The Kier molecular flexibility index (Phi) is 7.12. The van der Waals surface area contributed by atoms with Gasteiger partial charge in [-0.3, -0.25) is 4.79 Å². The zero-order chi connectivity index (χ0) is 23.4. The van der Waals surface area contributed by atoms with Gasteiger partial charge in [0.2, 0.25) is 10.0 Å². The molecule has 6 nitrogen and oxygen atoms in total. The normalized spacial score (nSPS) is 15.5. The first-order chi connectivity index (χ1) is 15.8. The molecular weight excluding hydrogens is 458 g/mol. The molecule has 0 spiro atoms. The molecule has 1 aliphatic rings. The number of hydrogen-bond donors (Lipinski definition) is 0. The highest BCUT2D eigenvalue weighted by Crippen LogP contribution is 2.28. The van der Waals surface area contributed by atoms with Gasteiger partial charge < -0.3 is 4.57 Å². The van der Waals surface area contributed by atoms with Crippen LogP contribution in [0.5, 0.6) is 0 Å². The Labute approximate surface area is 199 Å². The zero-order valence-corrected chi connectivity index (χ0v) is 20.0. The highest BCUT2D eigenvalue weighted by atomic mass is 35.5. The molecule has 8 heteroatoms. The molecule has 1 saturated heterocycles. The fraction of sp³-hybridized carbons (Fsp3) is 0.280. The Morgan fingerprint density at radius 1 is 1.00 bits per heavy atom. The van der Waals surface area contributed by atoms with Crippen molar-refractivity contribution < 1.29 is 13.2 Å². The Bertz CT molecular complexity index is 1330. The van der Waals surface area contributed by atoms with E-state index in [0.29, 0.717) is 25.1 Å². The van der Waals surface area contributed by atoms with Gasteiger partial charge in [0, 0.05) is 31.4 Å². The molecule has 0 unspecified atom stereocenters. The van der Waals surface area contributed by atoms with E-state index >= 15 is 0 Å². The minimum Gasteiger partial charge on any atom is -0.328 e. The van der Waals surface area contributed by atoms with Crippen molar-refractivity contribution in [1.82, 2.24) is 8.87 Å². The van der Waals surface area contributed by atoms with Gasteiger partial charge in [-0.15, -0.1) is 0 Å². The number of benzene rings is 2. The number of halogens is 1. The van der Waals surface area contributed by atoms with Gasteiger partial charge in [-0.2, -0.15) is 9.30 Å². The lowest BCUT2D eigenvalue weighted by molar-refractivity contribution is 0.0997.